The highest BCUT2D eigenvalue weighted by Crippen LogP contribution is 2.09. The normalized spacial score (nSPS) is 13.6. The third-order valence-corrected chi connectivity index (χ3v) is 2.92. The van der Waals surface area contributed by atoms with Crippen molar-refractivity contribution in [1.29, 1.82) is 0 Å². The van der Waals surface area contributed by atoms with Crippen molar-refractivity contribution in [3.63, 3.8) is 0 Å². The van der Waals surface area contributed by atoms with Gasteiger partial charge in [-0.15, -0.1) is 0 Å². The molecule has 0 fully saturated rings. The number of hydrogen-bond acceptors (Lipinski definition) is 3. The molecule has 5 heteroatoms. The Bertz CT molecular complexity index is 483. The molecule has 0 aliphatic rings. The summed E-state index contributed by atoms with van der Waals surface area (Å²) in [6, 6.07) is 7.92. The van der Waals surface area contributed by atoms with Crippen LogP contribution < -0.4 is 5.32 Å². The van der Waals surface area contributed by atoms with Crippen LogP contribution in [-0.4, -0.2) is 34.2 Å². The summed E-state index contributed by atoms with van der Waals surface area (Å²) in [6.45, 7) is 3.32. The second-order valence-electron chi connectivity index (χ2n) is 5.33. The van der Waals surface area contributed by atoms with E-state index < -0.39 is 18.0 Å². The van der Waals surface area contributed by atoms with Gasteiger partial charge in [0.25, 0.3) is 0 Å². The topological polar surface area (TPSA) is 86.6 Å². The number of carboxylic acids is 1. The number of nitrogens with one attached hydrogen (secondary N) is 1. The highest BCUT2D eigenvalue weighted by molar-refractivity contribution is 5.76. The minimum absolute atomic E-state index is 0.0635. The minimum atomic E-state index is -1.43. The van der Waals surface area contributed by atoms with Crippen LogP contribution in [0.4, 0.5) is 0 Å². The van der Waals surface area contributed by atoms with E-state index in [-0.39, 0.29) is 12.5 Å². The monoisotopic (exact) mass is 279 g/mol. The van der Waals surface area contributed by atoms with E-state index in [1.807, 2.05) is 31.2 Å². The van der Waals surface area contributed by atoms with Crippen LogP contribution in [0.25, 0.3) is 0 Å². The first-order valence-electron chi connectivity index (χ1n) is 6.55. The van der Waals surface area contributed by atoms with Crippen molar-refractivity contribution in [2.24, 2.45) is 0 Å². The zero-order chi connectivity index (χ0) is 15.2. The van der Waals surface area contributed by atoms with Gasteiger partial charge in [-0.3, -0.25) is 9.59 Å². The molecule has 110 valence electrons. The second kappa shape index (κ2) is 7.05. The fraction of sp³-hybridized carbons (Fsp3) is 0.467. The molecular formula is C15H21NO4. The van der Waals surface area contributed by atoms with E-state index in [1.54, 1.807) is 0 Å². The van der Waals surface area contributed by atoms with Crippen LogP contribution in [0.1, 0.15) is 30.9 Å². The second-order valence-corrected chi connectivity index (χ2v) is 5.33. The van der Waals surface area contributed by atoms with Crippen LogP contribution in [0.2, 0.25) is 0 Å². The molecule has 1 aromatic rings. The Kier molecular flexibility index (Phi) is 5.70. The molecule has 0 spiro atoms. The summed E-state index contributed by atoms with van der Waals surface area (Å²) in [4.78, 5) is 22.2. The van der Waals surface area contributed by atoms with E-state index in [0.29, 0.717) is 12.8 Å². The minimum Gasteiger partial charge on any atom is -0.481 e. The first kappa shape index (κ1) is 16.2. The number of carboxylic acid groups (broad SMARTS) is 1. The smallest absolute Gasteiger partial charge is 0.306 e. The zero-order valence-electron chi connectivity index (χ0n) is 11.8. The number of benzene rings is 1. The molecule has 1 atom stereocenters. The summed E-state index contributed by atoms with van der Waals surface area (Å²) in [6.07, 6.45) is 0.534. The molecule has 1 amide bonds. The van der Waals surface area contributed by atoms with Crippen LogP contribution in [0.3, 0.4) is 0 Å². The van der Waals surface area contributed by atoms with Gasteiger partial charge in [0.15, 0.2) is 0 Å². The Morgan fingerprint density at radius 3 is 2.65 bits per heavy atom. The first-order chi connectivity index (χ1) is 9.28. The van der Waals surface area contributed by atoms with E-state index in [9.17, 15) is 14.7 Å². The molecule has 0 bridgehead atoms. The quantitative estimate of drug-likeness (QED) is 0.701. The molecule has 20 heavy (non-hydrogen) atoms. The maximum absolute atomic E-state index is 11.7. The molecule has 0 aliphatic carbocycles. The summed E-state index contributed by atoms with van der Waals surface area (Å²) in [5.41, 5.74) is 0.801. The van der Waals surface area contributed by atoms with Crippen LogP contribution in [0, 0.1) is 6.92 Å². The number of hydrogen-bond donors (Lipinski definition) is 3. The van der Waals surface area contributed by atoms with E-state index in [1.165, 1.54) is 6.92 Å². The standard InChI is InChI=1S/C15H21NO4/c1-11-4-3-5-12(8-11)6-7-13(17)16-10-15(2,20)9-14(18)19/h3-5,8,20H,6-7,9-10H2,1-2H3,(H,16,17)(H,18,19). The van der Waals surface area contributed by atoms with E-state index in [0.717, 1.165) is 11.1 Å². The van der Waals surface area contributed by atoms with Crippen molar-refractivity contribution in [3.8, 4) is 0 Å². The lowest BCUT2D eigenvalue weighted by molar-refractivity contribution is -0.142. The Morgan fingerprint density at radius 2 is 2.05 bits per heavy atom. The molecule has 0 aromatic heterocycles. The van der Waals surface area contributed by atoms with E-state index >= 15 is 0 Å². The third-order valence-electron chi connectivity index (χ3n) is 2.92. The largest absolute Gasteiger partial charge is 0.481 e. The number of carbonyl (C=O) groups excluding carboxylic acids is 1. The van der Waals surface area contributed by atoms with Crippen molar-refractivity contribution < 1.29 is 19.8 Å². The predicted molar refractivity (Wildman–Crippen MR) is 75.4 cm³/mol. The van der Waals surface area contributed by atoms with Gasteiger partial charge in [-0.05, 0) is 25.8 Å². The Labute approximate surface area is 118 Å². The van der Waals surface area contributed by atoms with Crippen LogP contribution >= 0.6 is 0 Å². The number of carbonyl (C=O) groups is 2. The molecule has 0 radical (unpaired) electrons. The van der Waals surface area contributed by atoms with Crippen molar-refractivity contribution >= 4 is 11.9 Å². The lowest BCUT2D eigenvalue weighted by atomic mass is 10.0. The third kappa shape index (κ3) is 6.33. The van der Waals surface area contributed by atoms with Crippen molar-refractivity contribution in [1.82, 2.24) is 5.32 Å². The number of aliphatic hydroxyl groups is 1. The summed E-state index contributed by atoms with van der Waals surface area (Å²) in [7, 11) is 0. The highest BCUT2D eigenvalue weighted by Gasteiger charge is 2.24. The molecule has 3 N–H and O–H groups in total. The molecular weight excluding hydrogens is 258 g/mol. The molecule has 1 aromatic carbocycles. The first-order valence-corrected chi connectivity index (χ1v) is 6.55. The van der Waals surface area contributed by atoms with Crippen molar-refractivity contribution in [2.75, 3.05) is 6.54 Å². The van der Waals surface area contributed by atoms with Gasteiger partial charge in [0, 0.05) is 13.0 Å². The average molecular weight is 279 g/mol. The summed E-state index contributed by atoms with van der Waals surface area (Å²) in [5, 5.41) is 20.9. The lowest BCUT2D eigenvalue weighted by Crippen LogP contribution is -2.42. The molecule has 0 aliphatic heterocycles. The average Bonchev–Trinajstić information content (AvgIpc) is 2.32. The lowest BCUT2D eigenvalue weighted by Gasteiger charge is -2.21. The van der Waals surface area contributed by atoms with Crippen LogP contribution in [0.5, 0.6) is 0 Å². The predicted octanol–water partition coefficient (Wildman–Crippen LogP) is 1.27. The van der Waals surface area contributed by atoms with E-state index in [2.05, 4.69) is 5.32 Å². The highest BCUT2D eigenvalue weighted by atomic mass is 16.4. The Balaban J connectivity index is 2.35. The number of amides is 1. The summed E-state index contributed by atoms with van der Waals surface area (Å²) >= 11 is 0. The van der Waals surface area contributed by atoms with Gasteiger partial charge in [-0.2, -0.15) is 0 Å². The zero-order valence-corrected chi connectivity index (χ0v) is 11.8. The fourth-order valence-electron chi connectivity index (χ4n) is 1.89. The maximum Gasteiger partial charge on any atom is 0.306 e. The molecule has 0 saturated carbocycles. The molecule has 0 saturated heterocycles. The van der Waals surface area contributed by atoms with Gasteiger partial charge in [0.2, 0.25) is 5.91 Å². The number of aliphatic carboxylic acids is 1. The molecule has 5 nitrogen and oxygen atoms in total. The number of aryl methyl sites for hydroxylation is 2. The summed E-state index contributed by atoms with van der Waals surface area (Å²) in [5.74, 6) is -1.29. The van der Waals surface area contributed by atoms with Gasteiger partial charge in [-0.25, -0.2) is 0 Å². The van der Waals surface area contributed by atoms with Crippen molar-refractivity contribution in [3.05, 3.63) is 35.4 Å². The van der Waals surface area contributed by atoms with Gasteiger partial charge in [0.05, 0.1) is 12.0 Å². The Hall–Kier alpha value is -1.88. The maximum atomic E-state index is 11.7. The summed E-state index contributed by atoms with van der Waals surface area (Å²) < 4.78 is 0. The van der Waals surface area contributed by atoms with Gasteiger partial charge in [-0.1, -0.05) is 29.8 Å². The van der Waals surface area contributed by atoms with Gasteiger partial charge < -0.3 is 15.5 Å². The molecule has 0 heterocycles. The van der Waals surface area contributed by atoms with E-state index in [4.69, 9.17) is 5.11 Å². The van der Waals surface area contributed by atoms with Crippen molar-refractivity contribution in [2.45, 2.75) is 38.7 Å². The number of rotatable bonds is 7. The van der Waals surface area contributed by atoms with Crippen LogP contribution in [0.15, 0.2) is 24.3 Å². The SMILES string of the molecule is Cc1cccc(CCC(=O)NCC(C)(O)CC(=O)O)c1. The molecule has 1 rings (SSSR count). The molecule has 1 unspecified atom stereocenters. The van der Waals surface area contributed by atoms with Gasteiger partial charge in [0.1, 0.15) is 0 Å². The van der Waals surface area contributed by atoms with Crippen LogP contribution in [-0.2, 0) is 16.0 Å². The van der Waals surface area contributed by atoms with Gasteiger partial charge >= 0.3 is 5.97 Å². The fourth-order valence-corrected chi connectivity index (χ4v) is 1.89. The Morgan fingerprint density at radius 1 is 1.35 bits per heavy atom.